The monoisotopic (exact) mass is 390 g/mol. The van der Waals surface area contributed by atoms with Crippen LogP contribution in [-0.4, -0.2) is 14.3 Å². The SMILES string of the molecule is N#Cc1c2nc(-c3ccccc3)cc(-c3cccc([N+](=O)[O-])c3)c2n2ccccc12. The molecule has 3 aromatic heterocycles. The molecule has 0 aliphatic carbocycles. The molecule has 0 radical (unpaired) electrons. The van der Waals surface area contributed by atoms with Gasteiger partial charge in [-0.1, -0.05) is 48.5 Å². The van der Waals surface area contributed by atoms with Crippen LogP contribution in [0.5, 0.6) is 0 Å². The van der Waals surface area contributed by atoms with Crippen LogP contribution in [0, 0.1) is 21.4 Å². The van der Waals surface area contributed by atoms with Crippen LogP contribution in [0.3, 0.4) is 0 Å². The molecule has 0 N–H and O–H groups in total. The molecular formula is C24H14N4O2. The van der Waals surface area contributed by atoms with Gasteiger partial charge in [0.1, 0.15) is 17.1 Å². The first-order valence-corrected chi connectivity index (χ1v) is 9.31. The minimum Gasteiger partial charge on any atom is -0.313 e. The third kappa shape index (κ3) is 2.69. The molecule has 0 bridgehead atoms. The number of nitro benzene ring substituents is 1. The Morgan fingerprint density at radius 1 is 0.933 bits per heavy atom. The molecule has 142 valence electrons. The van der Waals surface area contributed by atoms with Gasteiger partial charge in [-0.25, -0.2) is 4.98 Å². The van der Waals surface area contributed by atoms with Gasteiger partial charge < -0.3 is 4.40 Å². The smallest absolute Gasteiger partial charge is 0.270 e. The molecule has 0 atom stereocenters. The van der Waals surface area contributed by atoms with E-state index in [2.05, 4.69) is 6.07 Å². The van der Waals surface area contributed by atoms with Crippen LogP contribution < -0.4 is 0 Å². The molecule has 0 saturated heterocycles. The first kappa shape index (κ1) is 17.6. The van der Waals surface area contributed by atoms with Gasteiger partial charge in [0.2, 0.25) is 0 Å². The third-order valence-corrected chi connectivity index (χ3v) is 5.14. The Morgan fingerprint density at radius 2 is 1.70 bits per heavy atom. The highest BCUT2D eigenvalue weighted by Crippen LogP contribution is 2.37. The quantitative estimate of drug-likeness (QED) is 0.296. The lowest BCUT2D eigenvalue weighted by Gasteiger charge is -2.09. The molecule has 0 fully saturated rings. The number of rotatable bonds is 3. The van der Waals surface area contributed by atoms with Crippen molar-refractivity contribution < 1.29 is 4.92 Å². The number of nitrogens with zero attached hydrogens (tertiary/aromatic N) is 4. The maximum atomic E-state index is 11.3. The predicted molar refractivity (Wildman–Crippen MR) is 115 cm³/mol. The second-order valence-electron chi connectivity index (χ2n) is 6.87. The minimum atomic E-state index is -0.406. The number of nitro groups is 1. The van der Waals surface area contributed by atoms with Gasteiger partial charge in [-0.05, 0) is 23.8 Å². The van der Waals surface area contributed by atoms with E-state index in [0.717, 1.165) is 22.2 Å². The zero-order valence-corrected chi connectivity index (χ0v) is 15.7. The van der Waals surface area contributed by atoms with E-state index in [1.807, 2.05) is 71.3 Å². The van der Waals surface area contributed by atoms with E-state index in [1.165, 1.54) is 6.07 Å². The zero-order valence-electron chi connectivity index (χ0n) is 15.7. The normalized spacial score (nSPS) is 10.9. The number of hydrogen-bond acceptors (Lipinski definition) is 4. The van der Waals surface area contributed by atoms with Gasteiger partial charge in [-0.2, -0.15) is 5.26 Å². The molecule has 0 aliphatic rings. The Balaban J connectivity index is 1.94. The van der Waals surface area contributed by atoms with E-state index in [-0.39, 0.29) is 5.69 Å². The standard InChI is InChI=1S/C24H14N4O2/c25-15-20-22-11-4-5-12-27(22)24-19(17-9-6-10-18(13-17)28(29)30)14-21(26-23(20)24)16-7-2-1-3-8-16/h1-14H. The van der Waals surface area contributed by atoms with Crippen LogP contribution in [0.25, 0.3) is 38.9 Å². The summed E-state index contributed by atoms with van der Waals surface area (Å²) in [6.07, 6.45) is 1.88. The molecule has 30 heavy (non-hydrogen) atoms. The van der Waals surface area contributed by atoms with E-state index in [0.29, 0.717) is 22.3 Å². The van der Waals surface area contributed by atoms with Gasteiger partial charge >= 0.3 is 0 Å². The first-order valence-electron chi connectivity index (χ1n) is 9.31. The average molecular weight is 390 g/mol. The van der Waals surface area contributed by atoms with Crippen molar-refractivity contribution in [3.63, 3.8) is 0 Å². The van der Waals surface area contributed by atoms with Crippen molar-refractivity contribution >= 4 is 22.2 Å². The molecule has 6 heteroatoms. The van der Waals surface area contributed by atoms with Gasteiger partial charge in [-0.15, -0.1) is 0 Å². The summed E-state index contributed by atoms with van der Waals surface area (Å²) < 4.78 is 1.92. The van der Waals surface area contributed by atoms with Crippen molar-refractivity contribution in [1.29, 1.82) is 5.26 Å². The maximum Gasteiger partial charge on any atom is 0.270 e. The fourth-order valence-electron chi connectivity index (χ4n) is 3.79. The largest absolute Gasteiger partial charge is 0.313 e. The lowest BCUT2D eigenvalue weighted by atomic mass is 10.0. The molecule has 6 nitrogen and oxygen atoms in total. The number of fused-ring (bicyclic) bond motifs is 3. The van der Waals surface area contributed by atoms with Crippen LogP contribution in [0.15, 0.2) is 85.1 Å². The van der Waals surface area contributed by atoms with Crippen LogP contribution in [0.4, 0.5) is 5.69 Å². The number of hydrogen-bond donors (Lipinski definition) is 0. The van der Waals surface area contributed by atoms with E-state index >= 15 is 0 Å². The van der Waals surface area contributed by atoms with Crippen LogP contribution >= 0.6 is 0 Å². The third-order valence-electron chi connectivity index (χ3n) is 5.14. The Labute approximate surface area is 171 Å². The van der Waals surface area contributed by atoms with Crippen molar-refractivity contribution in [3.05, 3.63) is 101 Å². The van der Waals surface area contributed by atoms with E-state index in [1.54, 1.807) is 12.1 Å². The summed E-state index contributed by atoms with van der Waals surface area (Å²) >= 11 is 0. The molecule has 0 saturated carbocycles. The van der Waals surface area contributed by atoms with Crippen molar-refractivity contribution in [3.8, 4) is 28.5 Å². The second kappa shape index (κ2) is 6.83. The fraction of sp³-hybridized carbons (Fsp3) is 0. The summed E-state index contributed by atoms with van der Waals surface area (Å²) in [4.78, 5) is 15.8. The maximum absolute atomic E-state index is 11.3. The van der Waals surface area contributed by atoms with Crippen molar-refractivity contribution in [2.24, 2.45) is 0 Å². The van der Waals surface area contributed by atoms with Gasteiger partial charge in [0, 0.05) is 29.5 Å². The molecule has 2 aromatic carbocycles. The Morgan fingerprint density at radius 3 is 2.47 bits per heavy atom. The fourth-order valence-corrected chi connectivity index (χ4v) is 3.79. The minimum absolute atomic E-state index is 0.0140. The number of non-ortho nitro benzene ring substituents is 1. The number of benzene rings is 2. The highest BCUT2D eigenvalue weighted by Gasteiger charge is 2.20. The summed E-state index contributed by atoms with van der Waals surface area (Å²) in [5.74, 6) is 0. The molecule has 0 spiro atoms. The molecule has 0 amide bonds. The summed E-state index contributed by atoms with van der Waals surface area (Å²) in [5.41, 5.74) is 5.66. The average Bonchev–Trinajstić information content (AvgIpc) is 3.12. The van der Waals surface area contributed by atoms with Gasteiger partial charge in [0.15, 0.2) is 0 Å². The molecule has 3 heterocycles. The first-order chi connectivity index (χ1) is 14.7. The molecular weight excluding hydrogens is 376 g/mol. The summed E-state index contributed by atoms with van der Waals surface area (Å²) in [6, 6.07) is 26.1. The van der Waals surface area contributed by atoms with Crippen molar-refractivity contribution in [2.75, 3.05) is 0 Å². The summed E-state index contributed by atoms with van der Waals surface area (Å²) in [7, 11) is 0. The molecule has 0 unspecified atom stereocenters. The van der Waals surface area contributed by atoms with Crippen molar-refractivity contribution in [2.45, 2.75) is 0 Å². The van der Waals surface area contributed by atoms with Crippen LogP contribution in [0.2, 0.25) is 0 Å². The van der Waals surface area contributed by atoms with E-state index in [9.17, 15) is 15.4 Å². The number of pyridine rings is 2. The Bertz CT molecular complexity index is 1480. The van der Waals surface area contributed by atoms with E-state index in [4.69, 9.17) is 4.98 Å². The topological polar surface area (TPSA) is 84.2 Å². The van der Waals surface area contributed by atoms with Gasteiger partial charge in [0.25, 0.3) is 5.69 Å². The zero-order chi connectivity index (χ0) is 20.7. The predicted octanol–water partition coefficient (Wildman–Crippen LogP) is 5.60. The summed E-state index contributed by atoms with van der Waals surface area (Å²) in [5, 5.41) is 21.2. The van der Waals surface area contributed by atoms with E-state index < -0.39 is 4.92 Å². The lowest BCUT2D eigenvalue weighted by Crippen LogP contribution is -1.93. The second-order valence-corrected chi connectivity index (χ2v) is 6.87. The van der Waals surface area contributed by atoms with Crippen LogP contribution in [-0.2, 0) is 0 Å². The highest BCUT2D eigenvalue weighted by atomic mass is 16.6. The van der Waals surface area contributed by atoms with Crippen molar-refractivity contribution in [1.82, 2.24) is 9.38 Å². The van der Waals surface area contributed by atoms with Gasteiger partial charge in [0.05, 0.1) is 21.7 Å². The van der Waals surface area contributed by atoms with Crippen LogP contribution in [0.1, 0.15) is 5.56 Å². The van der Waals surface area contributed by atoms with Gasteiger partial charge in [-0.3, -0.25) is 10.1 Å². The highest BCUT2D eigenvalue weighted by molar-refractivity contribution is 6.02. The molecule has 0 aliphatic heterocycles. The number of aromatic nitrogens is 2. The molecule has 5 rings (SSSR count). The Hall–Kier alpha value is -4.50. The Kier molecular flexibility index (Phi) is 4.01. The summed E-state index contributed by atoms with van der Waals surface area (Å²) in [6.45, 7) is 0. The lowest BCUT2D eigenvalue weighted by molar-refractivity contribution is -0.384. The molecule has 5 aromatic rings. The number of nitriles is 1.